The van der Waals surface area contributed by atoms with Gasteiger partial charge in [0.25, 0.3) is 0 Å². The average Bonchev–Trinajstić information content (AvgIpc) is 2.24. The summed E-state index contributed by atoms with van der Waals surface area (Å²) in [5, 5.41) is 6.86. The Balaban J connectivity index is 2.60. The van der Waals surface area contributed by atoms with Crippen LogP contribution >= 0.6 is 0 Å². The minimum Gasteiger partial charge on any atom is -0.383 e. The molecule has 0 fully saturated rings. The molecule has 0 aliphatic carbocycles. The van der Waals surface area contributed by atoms with E-state index in [9.17, 15) is 0 Å². The van der Waals surface area contributed by atoms with Crippen molar-refractivity contribution < 1.29 is 0 Å². The first-order valence-electron chi connectivity index (χ1n) is 6.08. The molecule has 0 aromatic heterocycles. The summed E-state index contributed by atoms with van der Waals surface area (Å²) in [6.07, 6.45) is 0. The second kappa shape index (κ2) is 6.41. The summed E-state index contributed by atoms with van der Waals surface area (Å²) in [7, 11) is 0. The number of nitrogens with one attached hydrogen (secondary N) is 2. The van der Waals surface area contributed by atoms with Gasteiger partial charge in [-0.3, -0.25) is 0 Å². The monoisotopic (exact) mass is 219 g/mol. The van der Waals surface area contributed by atoms with Crippen LogP contribution in [0.1, 0.15) is 27.7 Å². The van der Waals surface area contributed by atoms with Gasteiger partial charge in [-0.2, -0.15) is 0 Å². The molecule has 16 heavy (non-hydrogen) atoms. The maximum absolute atomic E-state index is 3.44. The Labute approximate surface area is 99.5 Å². The van der Waals surface area contributed by atoms with Crippen LogP contribution in [0, 0.1) is 17.9 Å². The van der Waals surface area contributed by atoms with E-state index in [0.29, 0.717) is 11.8 Å². The molecule has 0 bridgehead atoms. The van der Waals surface area contributed by atoms with Gasteiger partial charge in [-0.05, 0) is 17.9 Å². The Morgan fingerprint density at radius 1 is 1.06 bits per heavy atom. The first-order chi connectivity index (χ1) is 7.59. The Morgan fingerprint density at radius 2 is 1.69 bits per heavy atom. The van der Waals surface area contributed by atoms with E-state index in [-0.39, 0.29) is 0 Å². The molecule has 89 valence electrons. The number of benzene rings is 1. The third-order valence-electron chi connectivity index (χ3n) is 2.24. The van der Waals surface area contributed by atoms with Gasteiger partial charge < -0.3 is 10.6 Å². The second-order valence-electron chi connectivity index (χ2n) is 5.01. The van der Waals surface area contributed by atoms with Crippen molar-refractivity contribution in [3.63, 3.8) is 0 Å². The molecule has 0 saturated heterocycles. The van der Waals surface area contributed by atoms with Crippen molar-refractivity contribution in [2.75, 3.05) is 23.7 Å². The topological polar surface area (TPSA) is 24.1 Å². The molecule has 0 spiro atoms. The van der Waals surface area contributed by atoms with Crippen molar-refractivity contribution in [1.29, 1.82) is 0 Å². The summed E-state index contributed by atoms with van der Waals surface area (Å²) in [6.45, 7) is 10.8. The van der Waals surface area contributed by atoms with Crippen molar-refractivity contribution in [2.24, 2.45) is 11.8 Å². The molecule has 0 atom stereocenters. The maximum Gasteiger partial charge on any atom is 0.0656 e. The SMILES string of the molecule is CC(C)CNc1[c]cccc1NCC(C)C. The van der Waals surface area contributed by atoms with Crippen LogP contribution in [-0.4, -0.2) is 13.1 Å². The normalized spacial score (nSPS) is 10.9. The lowest BCUT2D eigenvalue weighted by molar-refractivity contribution is 0.684. The van der Waals surface area contributed by atoms with E-state index < -0.39 is 0 Å². The van der Waals surface area contributed by atoms with Crippen LogP contribution in [0.2, 0.25) is 0 Å². The lowest BCUT2D eigenvalue weighted by Crippen LogP contribution is -2.13. The van der Waals surface area contributed by atoms with Gasteiger partial charge in [-0.15, -0.1) is 0 Å². The van der Waals surface area contributed by atoms with Crippen LogP contribution in [0.15, 0.2) is 18.2 Å². The first-order valence-corrected chi connectivity index (χ1v) is 6.08. The van der Waals surface area contributed by atoms with E-state index in [0.717, 1.165) is 24.5 Å². The Kier molecular flexibility index (Phi) is 5.17. The summed E-state index contributed by atoms with van der Waals surface area (Å²) < 4.78 is 0. The minimum absolute atomic E-state index is 0.645. The van der Waals surface area contributed by atoms with Gasteiger partial charge in [0.1, 0.15) is 0 Å². The van der Waals surface area contributed by atoms with Gasteiger partial charge in [-0.25, -0.2) is 0 Å². The highest BCUT2D eigenvalue weighted by Gasteiger charge is 2.02. The van der Waals surface area contributed by atoms with Gasteiger partial charge in [0, 0.05) is 19.2 Å². The molecule has 1 radical (unpaired) electrons. The predicted octanol–water partition coefficient (Wildman–Crippen LogP) is 3.62. The van der Waals surface area contributed by atoms with E-state index in [2.05, 4.69) is 50.5 Å². The lowest BCUT2D eigenvalue weighted by Gasteiger charge is -2.15. The molecule has 2 nitrogen and oxygen atoms in total. The largest absolute Gasteiger partial charge is 0.383 e. The lowest BCUT2D eigenvalue weighted by atomic mass is 10.2. The summed E-state index contributed by atoms with van der Waals surface area (Å²) in [6, 6.07) is 9.31. The van der Waals surface area contributed by atoms with Crippen LogP contribution in [0.5, 0.6) is 0 Å². The van der Waals surface area contributed by atoms with Gasteiger partial charge >= 0.3 is 0 Å². The zero-order valence-corrected chi connectivity index (χ0v) is 10.8. The molecule has 1 rings (SSSR count). The summed E-state index contributed by atoms with van der Waals surface area (Å²) in [4.78, 5) is 0. The van der Waals surface area contributed by atoms with Crippen LogP contribution in [-0.2, 0) is 0 Å². The van der Waals surface area contributed by atoms with E-state index >= 15 is 0 Å². The Hall–Kier alpha value is -1.18. The van der Waals surface area contributed by atoms with Gasteiger partial charge in [0.2, 0.25) is 0 Å². The molecule has 0 aliphatic heterocycles. The van der Waals surface area contributed by atoms with E-state index in [1.165, 1.54) is 0 Å². The molecule has 0 amide bonds. The molecule has 0 saturated carbocycles. The predicted molar refractivity (Wildman–Crippen MR) is 71.9 cm³/mol. The molecule has 0 heterocycles. The molecule has 1 aromatic carbocycles. The van der Waals surface area contributed by atoms with Crippen LogP contribution in [0.25, 0.3) is 0 Å². The summed E-state index contributed by atoms with van der Waals surface area (Å²) in [5.74, 6) is 1.30. The average molecular weight is 219 g/mol. The van der Waals surface area contributed by atoms with Crippen molar-refractivity contribution in [3.05, 3.63) is 24.3 Å². The van der Waals surface area contributed by atoms with E-state index in [1.54, 1.807) is 0 Å². The fraction of sp³-hybridized carbons (Fsp3) is 0.571. The zero-order valence-electron chi connectivity index (χ0n) is 10.8. The Bertz CT molecular complexity index is 274. The van der Waals surface area contributed by atoms with Crippen LogP contribution in [0.4, 0.5) is 11.4 Å². The highest BCUT2D eigenvalue weighted by atomic mass is 15.0. The number of hydrogen-bond acceptors (Lipinski definition) is 2. The summed E-state index contributed by atoms with van der Waals surface area (Å²) in [5.41, 5.74) is 2.23. The van der Waals surface area contributed by atoms with E-state index in [1.807, 2.05) is 12.1 Å². The minimum atomic E-state index is 0.645. The number of anilines is 2. The number of rotatable bonds is 6. The molecule has 0 aliphatic rings. The van der Waals surface area contributed by atoms with Crippen LogP contribution < -0.4 is 10.6 Å². The zero-order chi connectivity index (χ0) is 12.0. The molecular formula is C14H23N2. The fourth-order valence-corrected chi connectivity index (χ4v) is 1.35. The second-order valence-corrected chi connectivity index (χ2v) is 5.01. The number of para-hydroxylation sites is 1. The van der Waals surface area contributed by atoms with Gasteiger partial charge in [-0.1, -0.05) is 39.8 Å². The third-order valence-corrected chi connectivity index (χ3v) is 2.24. The van der Waals surface area contributed by atoms with Crippen molar-refractivity contribution >= 4 is 11.4 Å². The van der Waals surface area contributed by atoms with Crippen molar-refractivity contribution in [1.82, 2.24) is 0 Å². The molecule has 0 unspecified atom stereocenters. The maximum atomic E-state index is 3.44. The fourth-order valence-electron chi connectivity index (χ4n) is 1.35. The third kappa shape index (κ3) is 4.56. The summed E-state index contributed by atoms with van der Waals surface area (Å²) >= 11 is 0. The number of hydrogen-bond donors (Lipinski definition) is 2. The smallest absolute Gasteiger partial charge is 0.0656 e. The molecular weight excluding hydrogens is 196 g/mol. The van der Waals surface area contributed by atoms with Crippen molar-refractivity contribution in [3.8, 4) is 0 Å². The molecule has 1 aromatic rings. The van der Waals surface area contributed by atoms with Crippen LogP contribution in [0.3, 0.4) is 0 Å². The highest BCUT2D eigenvalue weighted by Crippen LogP contribution is 2.20. The highest BCUT2D eigenvalue weighted by molar-refractivity contribution is 5.67. The molecule has 2 N–H and O–H groups in total. The first kappa shape index (κ1) is 12.9. The quantitative estimate of drug-likeness (QED) is 0.763. The molecule has 2 heteroatoms. The van der Waals surface area contributed by atoms with Gasteiger partial charge in [0.05, 0.1) is 11.4 Å². The Morgan fingerprint density at radius 3 is 2.31 bits per heavy atom. The van der Waals surface area contributed by atoms with E-state index in [4.69, 9.17) is 0 Å². The standard InChI is InChI=1S/C14H23N2/c1-11(2)9-15-13-7-5-6-8-14(13)16-10-12(3)4/h5-7,11-12,15-16H,9-10H2,1-4H3. The van der Waals surface area contributed by atoms with Crippen molar-refractivity contribution in [2.45, 2.75) is 27.7 Å². The van der Waals surface area contributed by atoms with Gasteiger partial charge in [0.15, 0.2) is 0 Å².